The van der Waals surface area contributed by atoms with E-state index in [4.69, 9.17) is 5.73 Å². The second kappa shape index (κ2) is 9.15. The number of halogens is 5. The minimum atomic E-state index is -4.39. The van der Waals surface area contributed by atoms with Crippen LogP contribution in [-0.4, -0.2) is 32.6 Å². The second-order valence-corrected chi connectivity index (χ2v) is 9.33. The van der Waals surface area contributed by atoms with Crippen LogP contribution in [0.2, 0.25) is 0 Å². The van der Waals surface area contributed by atoms with Gasteiger partial charge in [-0.1, -0.05) is 6.42 Å². The van der Waals surface area contributed by atoms with Crippen LogP contribution in [0.15, 0.2) is 18.5 Å². The van der Waals surface area contributed by atoms with Crippen LogP contribution < -0.4 is 11.1 Å². The number of alkyl halides is 5. The molecule has 33 heavy (non-hydrogen) atoms. The molecule has 2 aliphatic carbocycles. The van der Waals surface area contributed by atoms with Crippen LogP contribution in [0.1, 0.15) is 81.1 Å². The molecule has 3 N–H and O–H groups in total. The Morgan fingerprint density at radius 1 is 1.21 bits per heavy atom. The SMILES string of the molecule is N[C@H](c1cn2ncc([C@H](NC(=O)CCC(F)(F)F)C3CCC3)cc2n1)C1CCC(F)(F)CC1. The predicted octanol–water partition coefficient (Wildman–Crippen LogP) is 4.85. The van der Waals surface area contributed by atoms with E-state index in [1.54, 1.807) is 23.0 Å². The van der Waals surface area contributed by atoms with Crippen LogP contribution in [0.4, 0.5) is 22.0 Å². The van der Waals surface area contributed by atoms with Crippen LogP contribution in [-0.2, 0) is 4.79 Å². The van der Waals surface area contributed by atoms with Crippen molar-refractivity contribution < 1.29 is 26.7 Å². The van der Waals surface area contributed by atoms with Crippen molar-refractivity contribution in [1.29, 1.82) is 0 Å². The zero-order valence-electron chi connectivity index (χ0n) is 18.1. The minimum Gasteiger partial charge on any atom is -0.349 e. The number of aromatic nitrogens is 3. The van der Waals surface area contributed by atoms with E-state index in [9.17, 15) is 26.7 Å². The van der Waals surface area contributed by atoms with Gasteiger partial charge in [0.1, 0.15) is 0 Å². The number of nitrogens with one attached hydrogen (secondary N) is 1. The van der Waals surface area contributed by atoms with Crippen molar-refractivity contribution in [2.24, 2.45) is 17.6 Å². The quantitative estimate of drug-likeness (QED) is 0.563. The van der Waals surface area contributed by atoms with Gasteiger partial charge in [0.05, 0.1) is 36.6 Å². The molecular weight excluding hydrogens is 445 g/mol. The highest BCUT2D eigenvalue weighted by Gasteiger charge is 2.38. The average molecular weight is 473 g/mol. The number of imidazole rings is 1. The molecule has 0 spiro atoms. The van der Waals surface area contributed by atoms with Crippen LogP contribution in [0, 0.1) is 11.8 Å². The monoisotopic (exact) mass is 473 g/mol. The maximum Gasteiger partial charge on any atom is 0.389 e. The lowest BCUT2D eigenvalue weighted by atomic mass is 9.77. The molecule has 0 aliphatic heterocycles. The lowest BCUT2D eigenvalue weighted by molar-refractivity contribution is -0.144. The van der Waals surface area contributed by atoms with E-state index < -0.39 is 42.9 Å². The summed E-state index contributed by atoms with van der Waals surface area (Å²) in [5.74, 6) is -3.24. The highest BCUT2D eigenvalue weighted by molar-refractivity contribution is 5.76. The van der Waals surface area contributed by atoms with Crippen molar-refractivity contribution in [1.82, 2.24) is 19.9 Å². The summed E-state index contributed by atoms with van der Waals surface area (Å²) < 4.78 is 65.9. The van der Waals surface area contributed by atoms with Crippen LogP contribution in [0.25, 0.3) is 5.65 Å². The summed E-state index contributed by atoms with van der Waals surface area (Å²) in [6.45, 7) is 0. The Bertz CT molecular complexity index is 977. The largest absolute Gasteiger partial charge is 0.389 e. The molecule has 2 atom stereocenters. The first-order chi connectivity index (χ1) is 15.5. The Hall–Kier alpha value is -2.30. The van der Waals surface area contributed by atoms with Crippen LogP contribution in [0.5, 0.6) is 0 Å². The lowest BCUT2D eigenvalue weighted by Gasteiger charge is -2.34. The van der Waals surface area contributed by atoms with Gasteiger partial charge in [0.15, 0.2) is 5.65 Å². The minimum absolute atomic E-state index is 0.0929. The molecule has 2 fully saturated rings. The molecule has 2 saturated carbocycles. The number of nitrogens with two attached hydrogens (primary N) is 1. The van der Waals surface area contributed by atoms with E-state index in [-0.39, 0.29) is 24.7 Å². The number of nitrogens with zero attached hydrogens (tertiary/aromatic N) is 3. The highest BCUT2D eigenvalue weighted by atomic mass is 19.4. The fraction of sp³-hybridized carbons (Fsp3) is 0.682. The van der Waals surface area contributed by atoms with Crippen LogP contribution in [0.3, 0.4) is 0 Å². The number of carbonyl (C=O) groups is 1. The first-order valence-electron chi connectivity index (χ1n) is 11.4. The molecule has 2 heterocycles. The number of hydrogen-bond acceptors (Lipinski definition) is 4. The van der Waals surface area contributed by atoms with Crippen LogP contribution >= 0.6 is 0 Å². The number of hydrogen-bond donors (Lipinski definition) is 2. The Kier molecular flexibility index (Phi) is 6.61. The zero-order valence-corrected chi connectivity index (χ0v) is 18.1. The van der Waals surface area contributed by atoms with Crippen molar-refractivity contribution in [2.75, 3.05) is 0 Å². The van der Waals surface area contributed by atoms with Crippen molar-refractivity contribution >= 4 is 11.6 Å². The van der Waals surface area contributed by atoms with Crippen molar-refractivity contribution in [2.45, 2.75) is 82.0 Å². The molecule has 2 aromatic rings. The van der Waals surface area contributed by atoms with Gasteiger partial charge in [-0.05, 0) is 49.1 Å². The van der Waals surface area contributed by atoms with Gasteiger partial charge in [0.2, 0.25) is 11.8 Å². The first-order valence-corrected chi connectivity index (χ1v) is 11.4. The molecule has 0 radical (unpaired) electrons. The summed E-state index contributed by atoms with van der Waals surface area (Å²) in [5, 5.41) is 7.10. The molecule has 0 unspecified atom stereocenters. The molecule has 182 valence electrons. The van der Waals surface area contributed by atoms with Gasteiger partial charge in [-0.2, -0.15) is 18.3 Å². The van der Waals surface area contributed by atoms with E-state index in [1.165, 1.54) is 0 Å². The third kappa shape index (κ3) is 5.80. The summed E-state index contributed by atoms with van der Waals surface area (Å²) in [6, 6.07) is 0.827. The standard InChI is InChI=1S/C22H28F5N5O/c23-21(24)7-4-13(5-8-21)19(28)16-12-32-17(30-16)10-15(11-29-32)20(14-2-1-3-14)31-18(33)6-9-22(25,26)27/h10-14,19-20H,1-9,28H2,(H,31,33)/t19-,20+/m0/s1. The second-order valence-electron chi connectivity index (χ2n) is 9.33. The van der Waals surface area contributed by atoms with Gasteiger partial charge in [0.25, 0.3) is 0 Å². The van der Waals surface area contributed by atoms with E-state index in [2.05, 4.69) is 15.4 Å². The molecule has 2 aliphatic rings. The Balaban J connectivity index is 1.49. The van der Waals surface area contributed by atoms with Gasteiger partial charge in [-0.25, -0.2) is 18.3 Å². The molecule has 0 aromatic carbocycles. The van der Waals surface area contributed by atoms with Crippen molar-refractivity contribution in [3.63, 3.8) is 0 Å². The van der Waals surface area contributed by atoms with Gasteiger partial charge in [-0.3, -0.25) is 4.79 Å². The number of carbonyl (C=O) groups excluding carboxylic acids is 1. The topological polar surface area (TPSA) is 85.3 Å². The van der Waals surface area contributed by atoms with E-state index in [0.29, 0.717) is 29.7 Å². The highest BCUT2D eigenvalue weighted by Crippen LogP contribution is 2.41. The Morgan fingerprint density at radius 2 is 1.91 bits per heavy atom. The summed E-state index contributed by atoms with van der Waals surface area (Å²) in [4.78, 5) is 16.7. The van der Waals surface area contributed by atoms with Crippen molar-refractivity contribution in [3.05, 3.63) is 29.7 Å². The van der Waals surface area contributed by atoms with E-state index in [1.807, 2.05) is 0 Å². The van der Waals surface area contributed by atoms with Crippen molar-refractivity contribution in [3.8, 4) is 0 Å². The molecule has 0 saturated heterocycles. The van der Waals surface area contributed by atoms with Gasteiger partial charge in [0, 0.05) is 19.3 Å². The summed E-state index contributed by atoms with van der Waals surface area (Å²) in [7, 11) is 0. The van der Waals surface area contributed by atoms with E-state index in [0.717, 1.165) is 19.3 Å². The third-order valence-electron chi connectivity index (χ3n) is 6.90. The Morgan fingerprint density at radius 3 is 2.52 bits per heavy atom. The third-order valence-corrected chi connectivity index (χ3v) is 6.90. The van der Waals surface area contributed by atoms with Gasteiger partial charge >= 0.3 is 6.18 Å². The number of amides is 1. The van der Waals surface area contributed by atoms with E-state index >= 15 is 0 Å². The summed E-state index contributed by atoms with van der Waals surface area (Å²) in [6.07, 6.45) is 0.112. The molecular formula is C22H28F5N5O. The predicted molar refractivity (Wildman–Crippen MR) is 110 cm³/mol. The molecule has 11 heteroatoms. The fourth-order valence-corrected chi connectivity index (χ4v) is 4.65. The summed E-state index contributed by atoms with van der Waals surface area (Å²) in [5.41, 5.74) is 8.07. The normalized spacial score (nSPS) is 21.5. The zero-order chi connectivity index (χ0) is 23.8. The maximum atomic E-state index is 13.5. The fourth-order valence-electron chi connectivity index (χ4n) is 4.65. The molecule has 6 nitrogen and oxygen atoms in total. The smallest absolute Gasteiger partial charge is 0.349 e. The number of rotatable bonds is 7. The molecule has 2 aromatic heterocycles. The van der Waals surface area contributed by atoms with Gasteiger partial charge in [-0.15, -0.1) is 0 Å². The maximum absolute atomic E-state index is 13.5. The molecule has 4 rings (SSSR count). The average Bonchev–Trinajstić information content (AvgIpc) is 3.13. The molecule has 0 bridgehead atoms. The molecule has 1 amide bonds. The number of fused-ring (bicyclic) bond motifs is 1. The summed E-state index contributed by atoms with van der Waals surface area (Å²) >= 11 is 0. The lowest BCUT2D eigenvalue weighted by Crippen LogP contribution is -2.36. The Labute approximate surface area is 188 Å². The first kappa shape index (κ1) is 23.8. The van der Waals surface area contributed by atoms with Gasteiger partial charge < -0.3 is 11.1 Å².